The van der Waals surface area contributed by atoms with Crippen LogP contribution >= 0.6 is 0 Å². The summed E-state index contributed by atoms with van der Waals surface area (Å²) in [5.74, 6) is 0.486. The summed E-state index contributed by atoms with van der Waals surface area (Å²) in [6.45, 7) is 2.18. The van der Waals surface area contributed by atoms with Gasteiger partial charge in [-0.3, -0.25) is 9.59 Å². The van der Waals surface area contributed by atoms with Gasteiger partial charge in [0.05, 0.1) is 6.04 Å². The van der Waals surface area contributed by atoms with Crippen LogP contribution in [0.2, 0.25) is 0 Å². The van der Waals surface area contributed by atoms with Gasteiger partial charge in [0, 0.05) is 5.69 Å². The summed E-state index contributed by atoms with van der Waals surface area (Å²) in [6, 6.07) is 10.9. The van der Waals surface area contributed by atoms with Gasteiger partial charge in [-0.05, 0) is 37.1 Å². The van der Waals surface area contributed by atoms with E-state index in [1.807, 2.05) is 24.3 Å². The smallest absolute Gasteiger partial charge is 0.260 e. The first-order valence-corrected chi connectivity index (χ1v) is 6.85. The molecule has 2 aromatic rings. The van der Waals surface area contributed by atoms with E-state index >= 15 is 0 Å². The number of aromatic nitrogens is 1. The second-order valence-electron chi connectivity index (χ2n) is 5.18. The van der Waals surface area contributed by atoms with E-state index < -0.39 is 0 Å². The summed E-state index contributed by atoms with van der Waals surface area (Å²) < 4.78 is 5.62. The topological polar surface area (TPSA) is 71.2 Å². The van der Waals surface area contributed by atoms with Crippen molar-refractivity contribution in [1.82, 2.24) is 10.3 Å². The van der Waals surface area contributed by atoms with Gasteiger partial charge in [-0.15, -0.1) is 0 Å². The fourth-order valence-electron chi connectivity index (χ4n) is 2.43. The number of ether oxygens (including phenoxy) is 1. The predicted molar refractivity (Wildman–Crippen MR) is 78.7 cm³/mol. The van der Waals surface area contributed by atoms with E-state index in [1.54, 1.807) is 19.1 Å². The number of nitrogens with one attached hydrogen (secondary N) is 2. The van der Waals surface area contributed by atoms with Crippen LogP contribution in [0.4, 0.5) is 0 Å². The average molecular weight is 284 g/mol. The molecule has 1 aliphatic heterocycles. The number of hydrogen-bond donors (Lipinski definition) is 2. The molecule has 1 aromatic carbocycles. The highest BCUT2D eigenvalue weighted by molar-refractivity contribution is 5.94. The monoisotopic (exact) mass is 284 g/mol. The van der Waals surface area contributed by atoms with E-state index in [9.17, 15) is 9.59 Å². The van der Waals surface area contributed by atoms with Crippen LogP contribution in [-0.2, 0) is 6.42 Å². The van der Waals surface area contributed by atoms with Crippen LogP contribution in [0.25, 0.3) is 0 Å². The Labute approximate surface area is 122 Å². The van der Waals surface area contributed by atoms with Crippen LogP contribution in [-0.4, -0.2) is 23.5 Å². The van der Waals surface area contributed by atoms with Gasteiger partial charge in [0.15, 0.2) is 0 Å². The Morgan fingerprint density at radius 1 is 1.29 bits per heavy atom. The van der Waals surface area contributed by atoms with Gasteiger partial charge in [0.1, 0.15) is 17.9 Å². The highest BCUT2D eigenvalue weighted by Crippen LogP contribution is 2.23. The largest absolute Gasteiger partial charge is 0.491 e. The van der Waals surface area contributed by atoms with Crippen molar-refractivity contribution in [3.8, 4) is 5.75 Å². The maximum atomic E-state index is 12.2. The molecule has 21 heavy (non-hydrogen) atoms. The van der Waals surface area contributed by atoms with Crippen LogP contribution < -0.4 is 15.6 Å². The van der Waals surface area contributed by atoms with E-state index in [1.165, 1.54) is 0 Å². The number of fused-ring (bicyclic) bond motifs is 1. The van der Waals surface area contributed by atoms with Gasteiger partial charge in [-0.25, -0.2) is 0 Å². The molecule has 2 heterocycles. The molecule has 1 atom stereocenters. The minimum Gasteiger partial charge on any atom is -0.491 e. The maximum absolute atomic E-state index is 12.2. The zero-order valence-corrected chi connectivity index (χ0v) is 11.7. The number of carbonyl (C=O) groups excluding carboxylic acids is 1. The Bertz CT molecular complexity index is 736. The van der Waals surface area contributed by atoms with Crippen molar-refractivity contribution in [1.29, 1.82) is 0 Å². The second-order valence-corrected chi connectivity index (χ2v) is 5.18. The summed E-state index contributed by atoms with van der Waals surface area (Å²) in [7, 11) is 0. The van der Waals surface area contributed by atoms with Crippen molar-refractivity contribution in [2.24, 2.45) is 0 Å². The second kappa shape index (κ2) is 5.44. The molecule has 108 valence electrons. The van der Waals surface area contributed by atoms with Gasteiger partial charge >= 0.3 is 0 Å². The van der Waals surface area contributed by atoms with E-state index in [2.05, 4.69) is 10.3 Å². The molecule has 1 amide bonds. The van der Waals surface area contributed by atoms with Crippen molar-refractivity contribution in [3.05, 3.63) is 63.6 Å². The lowest BCUT2D eigenvalue weighted by atomic mass is 10.0. The van der Waals surface area contributed by atoms with E-state index in [0.717, 1.165) is 17.0 Å². The van der Waals surface area contributed by atoms with Crippen LogP contribution in [0.15, 0.2) is 41.2 Å². The molecule has 0 spiro atoms. The molecular formula is C16H16N2O3. The van der Waals surface area contributed by atoms with Crippen LogP contribution in [0.5, 0.6) is 5.75 Å². The number of para-hydroxylation sites is 1. The summed E-state index contributed by atoms with van der Waals surface area (Å²) in [5.41, 5.74) is 1.54. The third-order valence-corrected chi connectivity index (χ3v) is 3.51. The summed E-state index contributed by atoms with van der Waals surface area (Å²) in [4.78, 5) is 26.6. The molecule has 0 radical (unpaired) electrons. The third kappa shape index (κ3) is 2.81. The number of benzene rings is 1. The van der Waals surface area contributed by atoms with Gasteiger partial charge in [0.2, 0.25) is 0 Å². The standard InChI is InChI=1S/C16H16N2O3/c1-10-6-7-13(15(19)17-10)16(20)18-12-8-11-4-2-3-5-14(11)21-9-12/h2-7,12H,8-9H2,1H3,(H,17,19)(H,18,20). The first kappa shape index (κ1) is 13.4. The van der Waals surface area contributed by atoms with Gasteiger partial charge in [0.25, 0.3) is 11.5 Å². The number of rotatable bonds is 2. The third-order valence-electron chi connectivity index (χ3n) is 3.51. The summed E-state index contributed by atoms with van der Waals surface area (Å²) >= 11 is 0. The average Bonchev–Trinajstić information content (AvgIpc) is 2.47. The number of carbonyl (C=O) groups is 1. The molecule has 0 saturated heterocycles. The molecule has 1 unspecified atom stereocenters. The van der Waals surface area contributed by atoms with Crippen molar-refractivity contribution >= 4 is 5.91 Å². The Kier molecular flexibility index (Phi) is 3.48. The zero-order valence-electron chi connectivity index (χ0n) is 11.7. The Morgan fingerprint density at radius 3 is 2.90 bits per heavy atom. The van der Waals surface area contributed by atoms with Gasteiger partial charge in [-0.2, -0.15) is 0 Å². The maximum Gasteiger partial charge on any atom is 0.260 e. The summed E-state index contributed by atoms with van der Waals surface area (Å²) in [5, 5.41) is 2.85. The van der Waals surface area contributed by atoms with Crippen LogP contribution in [0, 0.1) is 6.92 Å². The fourth-order valence-corrected chi connectivity index (χ4v) is 2.43. The molecule has 0 aliphatic carbocycles. The van der Waals surface area contributed by atoms with Crippen molar-refractivity contribution in [2.75, 3.05) is 6.61 Å². The molecule has 1 aromatic heterocycles. The van der Waals surface area contributed by atoms with Gasteiger partial charge in [-0.1, -0.05) is 18.2 Å². The van der Waals surface area contributed by atoms with E-state index in [4.69, 9.17) is 4.74 Å². The molecule has 2 N–H and O–H groups in total. The quantitative estimate of drug-likeness (QED) is 0.876. The number of aryl methyl sites for hydroxylation is 1. The molecule has 0 fully saturated rings. The lowest BCUT2D eigenvalue weighted by Gasteiger charge is -2.25. The number of H-pyrrole nitrogens is 1. The Hall–Kier alpha value is -2.56. The summed E-state index contributed by atoms with van der Waals surface area (Å²) in [6.07, 6.45) is 0.700. The SMILES string of the molecule is Cc1ccc(C(=O)NC2COc3ccccc3C2)c(=O)[nH]1. The van der Waals surface area contributed by atoms with E-state index in [0.29, 0.717) is 13.0 Å². The predicted octanol–water partition coefficient (Wildman–Crippen LogP) is 1.42. The van der Waals surface area contributed by atoms with Crippen LogP contribution in [0.1, 0.15) is 21.6 Å². The Balaban J connectivity index is 1.73. The minimum absolute atomic E-state index is 0.124. The number of aromatic amines is 1. The fraction of sp³-hybridized carbons (Fsp3) is 0.250. The van der Waals surface area contributed by atoms with Crippen LogP contribution in [0.3, 0.4) is 0 Å². The molecule has 5 heteroatoms. The molecule has 5 nitrogen and oxygen atoms in total. The first-order chi connectivity index (χ1) is 10.1. The molecule has 0 bridgehead atoms. The highest BCUT2D eigenvalue weighted by Gasteiger charge is 2.22. The van der Waals surface area contributed by atoms with Crippen molar-refractivity contribution in [2.45, 2.75) is 19.4 Å². The molecule has 3 rings (SSSR count). The molecular weight excluding hydrogens is 268 g/mol. The number of amides is 1. The molecule has 0 saturated carbocycles. The number of pyridine rings is 1. The Morgan fingerprint density at radius 2 is 2.10 bits per heavy atom. The zero-order chi connectivity index (χ0) is 14.8. The first-order valence-electron chi connectivity index (χ1n) is 6.85. The van der Waals surface area contributed by atoms with E-state index in [-0.39, 0.29) is 23.1 Å². The normalized spacial score (nSPS) is 16.7. The highest BCUT2D eigenvalue weighted by atomic mass is 16.5. The van der Waals surface area contributed by atoms with Gasteiger partial charge < -0.3 is 15.0 Å². The lowest BCUT2D eigenvalue weighted by Crippen LogP contribution is -2.44. The minimum atomic E-state index is -0.371. The molecule has 1 aliphatic rings. The lowest BCUT2D eigenvalue weighted by molar-refractivity contribution is 0.0914. The van der Waals surface area contributed by atoms with Crippen molar-refractivity contribution < 1.29 is 9.53 Å². The number of hydrogen-bond acceptors (Lipinski definition) is 3. The van der Waals surface area contributed by atoms with Crippen molar-refractivity contribution in [3.63, 3.8) is 0 Å².